The van der Waals surface area contributed by atoms with E-state index in [1.165, 1.54) is 5.56 Å². The summed E-state index contributed by atoms with van der Waals surface area (Å²) in [4.78, 5) is 23.6. The van der Waals surface area contributed by atoms with E-state index >= 15 is 0 Å². The average molecular weight is 365 g/mol. The number of fused-ring (bicyclic) bond motifs is 1. The Morgan fingerprint density at radius 2 is 1.93 bits per heavy atom. The summed E-state index contributed by atoms with van der Waals surface area (Å²) in [7, 11) is 4.06. The molecule has 0 saturated carbocycles. The van der Waals surface area contributed by atoms with E-state index in [4.69, 9.17) is 0 Å². The van der Waals surface area contributed by atoms with Crippen LogP contribution in [-0.4, -0.2) is 52.0 Å². The Bertz CT molecular complexity index is 893. The van der Waals surface area contributed by atoms with Gasteiger partial charge in [0.2, 0.25) is 0 Å². The summed E-state index contributed by atoms with van der Waals surface area (Å²) in [5.74, 6) is 0.337. The molecule has 1 aromatic carbocycles. The summed E-state index contributed by atoms with van der Waals surface area (Å²) >= 11 is 0. The lowest BCUT2D eigenvalue weighted by Gasteiger charge is -2.28. The molecule has 27 heavy (non-hydrogen) atoms. The maximum Gasteiger partial charge on any atom is 0.252 e. The number of imidazole rings is 1. The standard InChI is InChI=1S/C21H27N5O/c1-15(2)19(25(3)4)12-23-21(27)17-10-18-20(22-11-17)26(14-24-18)13-16-8-6-5-7-9-16/h5-11,14-15,19H,12-13H2,1-4H3,(H,23,27). The molecule has 3 aromatic rings. The molecule has 0 spiro atoms. The average Bonchev–Trinajstić information content (AvgIpc) is 3.04. The molecule has 1 atom stereocenters. The molecular weight excluding hydrogens is 338 g/mol. The van der Waals surface area contributed by atoms with Crippen LogP contribution in [0, 0.1) is 5.92 Å². The van der Waals surface area contributed by atoms with Gasteiger partial charge in [0.1, 0.15) is 5.52 Å². The summed E-state index contributed by atoms with van der Waals surface area (Å²) in [6.45, 7) is 5.62. The molecule has 2 aromatic heterocycles. The minimum absolute atomic E-state index is 0.116. The Kier molecular flexibility index (Phi) is 5.86. The molecule has 0 fully saturated rings. The lowest BCUT2D eigenvalue weighted by atomic mass is 10.0. The normalized spacial score (nSPS) is 12.7. The van der Waals surface area contributed by atoms with Gasteiger partial charge >= 0.3 is 0 Å². The largest absolute Gasteiger partial charge is 0.350 e. The number of rotatable bonds is 7. The molecular formula is C21H27N5O. The molecule has 0 aliphatic heterocycles. The minimum atomic E-state index is -0.116. The van der Waals surface area contributed by atoms with Crippen molar-refractivity contribution in [2.24, 2.45) is 5.92 Å². The fourth-order valence-corrected chi connectivity index (χ4v) is 3.28. The smallest absolute Gasteiger partial charge is 0.252 e. The lowest BCUT2D eigenvalue weighted by molar-refractivity contribution is 0.0934. The number of nitrogens with zero attached hydrogens (tertiary/aromatic N) is 4. The number of carbonyl (C=O) groups is 1. The van der Waals surface area contributed by atoms with Crippen molar-refractivity contribution in [3.8, 4) is 0 Å². The third kappa shape index (κ3) is 4.52. The Balaban J connectivity index is 1.72. The molecule has 0 radical (unpaired) electrons. The maximum atomic E-state index is 12.5. The first kappa shape index (κ1) is 19.0. The molecule has 6 nitrogen and oxygen atoms in total. The summed E-state index contributed by atoms with van der Waals surface area (Å²) < 4.78 is 1.99. The fourth-order valence-electron chi connectivity index (χ4n) is 3.28. The highest BCUT2D eigenvalue weighted by Gasteiger charge is 2.18. The molecule has 0 aliphatic carbocycles. The summed E-state index contributed by atoms with van der Waals surface area (Å²) in [6.07, 6.45) is 3.40. The van der Waals surface area contributed by atoms with Crippen molar-refractivity contribution in [3.05, 3.63) is 60.0 Å². The molecule has 1 amide bonds. The monoisotopic (exact) mass is 365 g/mol. The molecule has 1 N–H and O–H groups in total. The van der Waals surface area contributed by atoms with Crippen molar-refractivity contribution in [3.63, 3.8) is 0 Å². The molecule has 0 aliphatic rings. The van der Waals surface area contributed by atoms with Gasteiger partial charge in [0, 0.05) is 18.8 Å². The highest BCUT2D eigenvalue weighted by atomic mass is 16.1. The van der Waals surface area contributed by atoms with E-state index in [0.717, 1.165) is 11.2 Å². The van der Waals surface area contributed by atoms with Crippen molar-refractivity contribution in [2.75, 3.05) is 20.6 Å². The van der Waals surface area contributed by atoms with Gasteiger partial charge in [-0.15, -0.1) is 0 Å². The van der Waals surface area contributed by atoms with Crippen LogP contribution in [0.4, 0.5) is 0 Å². The second kappa shape index (κ2) is 8.31. The van der Waals surface area contributed by atoms with Crippen LogP contribution in [0.1, 0.15) is 29.8 Å². The van der Waals surface area contributed by atoms with Crippen molar-refractivity contribution in [1.82, 2.24) is 24.8 Å². The van der Waals surface area contributed by atoms with Gasteiger partial charge in [-0.25, -0.2) is 9.97 Å². The zero-order valence-corrected chi connectivity index (χ0v) is 16.4. The van der Waals surface area contributed by atoms with Crippen LogP contribution in [0.3, 0.4) is 0 Å². The highest BCUT2D eigenvalue weighted by Crippen LogP contribution is 2.14. The van der Waals surface area contributed by atoms with Crippen LogP contribution >= 0.6 is 0 Å². The van der Waals surface area contributed by atoms with Crippen LogP contribution in [-0.2, 0) is 6.54 Å². The molecule has 3 rings (SSSR count). The van der Waals surface area contributed by atoms with E-state index in [-0.39, 0.29) is 11.9 Å². The Labute approximate surface area is 160 Å². The third-order valence-electron chi connectivity index (χ3n) is 4.82. The molecule has 1 unspecified atom stereocenters. The number of nitrogens with one attached hydrogen (secondary N) is 1. The predicted molar refractivity (Wildman–Crippen MR) is 108 cm³/mol. The van der Waals surface area contributed by atoms with Crippen molar-refractivity contribution in [2.45, 2.75) is 26.4 Å². The van der Waals surface area contributed by atoms with Crippen LogP contribution < -0.4 is 5.32 Å². The van der Waals surface area contributed by atoms with E-state index in [0.29, 0.717) is 24.6 Å². The zero-order chi connectivity index (χ0) is 19.4. The van der Waals surface area contributed by atoms with E-state index in [9.17, 15) is 4.79 Å². The van der Waals surface area contributed by atoms with Gasteiger partial charge in [0.05, 0.1) is 18.4 Å². The Hall–Kier alpha value is -2.73. The number of carbonyl (C=O) groups excluding carboxylic acids is 1. The molecule has 2 heterocycles. The van der Waals surface area contributed by atoms with Gasteiger partial charge in [-0.2, -0.15) is 0 Å². The fraction of sp³-hybridized carbons (Fsp3) is 0.381. The molecule has 0 saturated heterocycles. The first-order valence-electron chi connectivity index (χ1n) is 9.25. The highest BCUT2D eigenvalue weighted by molar-refractivity contribution is 5.96. The quantitative estimate of drug-likeness (QED) is 0.699. The molecule has 142 valence electrons. The third-order valence-corrected chi connectivity index (χ3v) is 4.82. The number of hydrogen-bond acceptors (Lipinski definition) is 4. The van der Waals surface area contributed by atoms with Gasteiger partial charge in [-0.3, -0.25) is 4.79 Å². The predicted octanol–water partition coefficient (Wildman–Crippen LogP) is 2.80. The van der Waals surface area contributed by atoms with Gasteiger partial charge in [-0.05, 0) is 31.6 Å². The molecule has 0 bridgehead atoms. The summed E-state index contributed by atoms with van der Waals surface area (Å²) in [5.41, 5.74) is 3.23. The van der Waals surface area contributed by atoms with Gasteiger partial charge in [0.15, 0.2) is 5.65 Å². The number of amides is 1. The van der Waals surface area contributed by atoms with Gasteiger partial charge in [0.25, 0.3) is 5.91 Å². The first-order valence-corrected chi connectivity index (χ1v) is 9.25. The van der Waals surface area contributed by atoms with E-state index < -0.39 is 0 Å². The van der Waals surface area contributed by atoms with Crippen molar-refractivity contribution < 1.29 is 4.79 Å². The van der Waals surface area contributed by atoms with Crippen LogP contribution in [0.5, 0.6) is 0 Å². The maximum absolute atomic E-state index is 12.5. The molecule has 6 heteroatoms. The number of benzene rings is 1. The zero-order valence-electron chi connectivity index (χ0n) is 16.4. The van der Waals surface area contributed by atoms with Gasteiger partial charge in [-0.1, -0.05) is 44.2 Å². The minimum Gasteiger partial charge on any atom is -0.350 e. The van der Waals surface area contributed by atoms with Crippen LogP contribution in [0.25, 0.3) is 11.2 Å². The van der Waals surface area contributed by atoms with E-state index in [2.05, 4.69) is 46.2 Å². The van der Waals surface area contributed by atoms with Crippen molar-refractivity contribution >= 4 is 17.1 Å². The Morgan fingerprint density at radius 3 is 2.59 bits per heavy atom. The summed E-state index contributed by atoms with van der Waals surface area (Å²) in [6, 6.07) is 12.3. The van der Waals surface area contributed by atoms with Gasteiger partial charge < -0.3 is 14.8 Å². The number of aromatic nitrogens is 3. The number of likely N-dealkylation sites (N-methyl/N-ethyl adjacent to an activating group) is 1. The number of hydrogen-bond donors (Lipinski definition) is 1. The lowest BCUT2D eigenvalue weighted by Crippen LogP contribution is -2.43. The Morgan fingerprint density at radius 1 is 1.19 bits per heavy atom. The number of pyridine rings is 1. The first-order chi connectivity index (χ1) is 13.0. The topological polar surface area (TPSA) is 63.1 Å². The van der Waals surface area contributed by atoms with E-state index in [1.807, 2.05) is 36.9 Å². The second-order valence-corrected chi connectivity index (χ2v) is 7.41. The summed E-state index contributed by atoms with van der Waals surface area (Å²) in [5, 5.41) is 3.02. The van der Waals surface area contributed by atoms with Crippen LogP contribution in [0.2, 0.25) is 0 Å². The van der Waals surface area contributed by atoms with Crippen LogP contribution in [0.15, 0.2) is 48.9 Å². The SMILES string of the molecule is CC(C)C(CNC(=O)c1cnc2c(c1)ncn2Cc1ccccc1)N(C)C. The van der Waals surface area contributed by atoms with Crippen molar-refractivity contribution in [1.29, 1.82) is 0 Å². The second-order valence-electron chi connectivity index (χ2n) is 7.41. The van der Waals surface area contributed by atoms with E-state index in [1.54, 1.807) is 18.6 Å².